The molecule has 3 rings (SSSR count). The SMILES string of the molecule is Cc1noc(-c2ccccc2)c1CSCC1CCC(N)O1. The van der Waals surface area contributed by atoms with Crippen molar-refractivity contribution in [3.05, 3.63) is 41.6 Å². The number of rotatable bonds is 5. The molecule has 1 aromatic carbocycles. The highest BCUT2D eigenvalue weighted by Crippen LogP contribution is 2.30. The molecule has 1 aliphatic heterocycles. The van der Waals surface area contributed by atoms with Gasteiger partial charge in [-0.15, -0.1) is 0 Å². The van der Waals surface area contributed by atoms with Crippen LogP contribution in [0.25, 0.3) is 11.3 Å². The van der Waals surface area contributed by atoms with Gasteiger partial charge in [-0.3, -0.25) is 0 Å². The molecule has 0 radical (unpaired) electrons. The molecule has 2 unspecified atom stereocenters. The Kier molecular flexibility index (Phi) is 4.63. The van der Waals surface area contributed by atoms with Crippen LogP contribution in [-0.4, -0.2) is 23.2 Å². The smallest absolute Gasteiger partial charge is 0.171 e. The number of thioether (sulfide) groups is 1. The molecule has 2 N–H and O–H groups in total. The Morgan fingerprint density at radius 1 is 1.29 bits per heavy atom. The molecule has 21 heavy (non-hydrogen) atoms. The summed E-state index contributed by atoms with van der Waals surface area (Å²) in [4.78, 5) is 0. The summed E-state index contributed by atoms with van der Waals surface area (Å²) < 4.78 is 11.2. The minimum absolute atomic E-state index is 0.0761. The maximum absolute atomic E-state index is 5.76. The van der Waals surface area contributed by atoms with Crippen molar-refractivity contribution in [2.75, 3.05) is 5.75 Å². The Morgan fingerprint density at radius 2 is 2.10 bits per heavy atom. The van der Waals surface area contributed by atoms with E-state index in [-0.39, 0.29) is 12.3 Å². The normalized spacial score (nSPS) is 21.8. The van der Waals surface area contributed by atoms with E-state index in [0.717, 1.165) is 41.4 Å². The van der Waals surface area contributed by atoms with Gasteiger partial charge >= 0.3 is 0 Å². The summed E-state index contributed by atoms with van der Waals surface area (Å²) in [5.74, 6) is 2.73. The molecule has 2 aromatic rings. The van der Waals surface area contributed by atoms with Gasteiger partial charge in [0.2, 0.25) is 0 Å². The average molecular weight is 304 g/mol. The maximum Gasteiger partial charge on any atom is 0.171 e. The second-order valence-corrected chi connectivity index (χ2v) is 6.36. The predicted octanol–water partition coefficient (Wildman–Crippen LogP) is 3.35. The summed E-state index contributed by atoms with van der Waals surface area (Å²) >= 11 is 1.85. The first kappa shape index (κ1) is 14.6. The van der Waals surface area contributed by atoms with Gasteiger partial charge in [-0.2, -0.15) is 11.8 Å². The van der Waals surface area contributed by atoms with Gasteiger partial charge in [-0.1, -0.05) is 35.5 Å². The monoisotopic (exact) mass is 304 g/mol. The third kappa shape index (κ3) is 3.48. The molecule has 0 spiro atoms. The van der Waals surface area contributed by atoms with Crippen molar-refractivity contribution >= 4 is 11.8 Å². The number of ether oxygens (including phenoxy) is 1. The fraction of sp³-hybridized carbons (Fsp3) is 0.438. The zero-order chi connectivity index (χ0) is 14.7. The lowest BCUT2D eigenvalue weighted by Gasteiger charge is -2.10. The molecular weight excluding hydrogens is 284 g/mol. The van der Waals surface area contributed by atoms with Crippen molar-refractivity contribution < 1.29 is 9.26 Å². The zero-order valence-electron chi connectivity index (χ0n) is 12.1. The van der Waals surface area contributed by atoms with Gasteiger partial charge in [0.15, 0.2) is 5.76 Å². The quantitative estimate of drug-likeness (QED) is 0.918. The fourth-order valence-corrected chi connectivity index (χ4v) is 3.69. The van der Waals surface area contributed by atoms with Gasteiger partial charge in [0, 0.05) is 22.6 Å². The van der Waals surface area contributed by atoms with Crippen LogP contribution in [0.15, 0.2) is 34.9 Å². The van der Waals surface area contributed by atoms with Crippen molar-refractivity contribution in [2.45, 2.75) is 37.9 Å². The maximum atomic E-state index is 5.76. The van der Waals surface area contributed by atoms with Crippen molar-refractivity contribution in [2.24, 2.45) is 5.73 Å². The first-order valence-corrected chi connectivity index (χ1v) is 8.39. The molecule has 5 heteroatoms. The highest BCUT2D eigenvalue weighted by Gasteiger charge is 2.22. The molecule has 0 aliphatic carbocycles. The van der Waals surface area contributed by atoms with E-state index < -0.39 is 0 Å². The number of nitrogens with zero attached hydrogens (tertiary/aromatic N) is 1. The summed E-state index contributed by atoms with van der Waals surface area (Å²) in [7, 11) is 0. The van der Waals surface area contributed by atoms with E-state index in [9.17, 15) is 0 Å². The molecule has 4 nitrogen and oxygen atoms in total. The lowest BCUT2D eigenvalue weighted by atomic mass is 10.1. The molecule has 1 aliphatic rings. The fourth-order valence-electron chi connectivity index (χ4n) is 2.52. The van der Waals surface area contributed by atoms with Crippen LogP contribution in [0.2, 0.25) is 0 Å². The summed E-state index contributed by atoms with van der Waals surface area (Å²) in [6.07, 6.45) is 2.23. The Morgan fingerprint density at radius 3 is 2.81 bits per heavy atom. The highest BCUT2D eigenvalue weighted by molar-refractivity contribution is 7.98. The number of nitrogens with two attached hydrogens (primary N) is 1. The lowest BCUT2D eigenvalue weighted by Crippen LogP contribution is -2.20. The summed E-state index contributed by atoms with van der Waals surface area (Å²) in [6, 6.07) is 10.1. The van der Waals surface area contributed by atoms with Crippen molar-refractivity contribution in [1.29, 1.82) is 0 Å². The van der Waals surface area contributed by atoms with Crippen LogP contribution in [0.5, 0.6) is 0 Å². The van der Waals surface area contributed by atoms with Gasteiger partial charge < -0.3 is 15.0 Å². The van der Waals surface area contributed by atoms with Crippen LogP contribution in [-0.2, 0) is 10.5 Å². The minimum Gasteiger partial charge on any atom is -0.360 e. The Bertz CT molecular complexity index is 585. The van der Waals surface area contributed by atoms with Crippen molar-refractivity contribution in [1.82, 2.24) is 5.16 Å². The van der Waals surface area contributed by atoms with Crippen LogP contribution in [0.4, 0.5) is 0 Å². The molecule has 0 amide bonds. The van der Waals surface area contributed by atoms with E-state index in [4.69, 9.17) is 15.0 Å². The number of aromatic nitrogens is 1. The molecular formula is C16H20N2O2S. The van der Waals surface area contributed by atoms with E-state index in [0.29, 0.717) is 0 Å². The predicted molar refractivity (Wildman–Crippen MR) is 84.9 cm³/mol. The van der Waals surface area contributed by atoms with Crippen LogP contribution in [0.1, 0.15) is 24.1 Å². The summed E-state index contributed by atoms with van der Waals surface area (Å²) in [5.41, 5.74) is 8.97. The van der Waals surface area contributed by atoms with Gasteiger partial charge in [-0.05, 0) is 19.8 Å². The second-order valence-electron chi connectivity index (χ2n) is 5.33. The molecule has 1 aromatic heterocycles. The van der Waals surface area contributed by atoms with Gasteiger partial charge in [0.1, 0.15) is 6.23 Å². The summed E-state index contributed by atoms with van der Waals surface area (Å²) in [5, 5.41) is 4.12. The highest BCUT2D eigenvalue weighted by atomic mass is 32.2. The Labute approximate surface area is 129 Å². The van der Waals surface area contributed by atoms with E-state index in [1.807, 2.05) is 49.0 Å². The first-order valence-electron chi connectivity index (χ1n) is 7.23. The van der Waals surface area contributed by atoms with Crippen LogP contribution < -0.4 is 5.73 Å². The lowest BCUT2D eigenvalue weighted by molar-refractivity contribution is 0.0627. The standard InChI is InChI=1S/C16H20N2O2S/c1-11-14(10-21-9-13-7-8-15(17)19-13)16(20-18-11)12-5-3-2-4-6-12/h2-6,13,15H,7-10,17H2,1H3. The third-order valence-electron chi connectivity index (χ3n) is 3.71. The van der Waals surface area contributed by atoms with Crippen molar-refractivity contribution in [3.63, 3.8) is 0 Å². The molecule has 1 saturated heterocycles. The van der Waals surface area contributed by atoms with Gasteiger partial charge in [0.05, 0.1) is 11.8 Å². The van der Waals surface area contributed by atoms with Crippen molar-refractivity contribution in [3.8, 4) is 11.3 Å². The van der Waals surface area contributed by atoms with Crippen LogP contribution in [0, 0.1) is 6.92 Å². The molecule has 0 saturated carbocycles. The van der Waals surface area contributed by atoms with Gasteiger partial charge in [-0.25, -0.2) is 0 Å². The molecule has 1 fully saturated rings. The second kappa shape index (κ2) is 6.64. The first-order chi connectivity index (χ1) is 10.2. The minimum atomic E-state index is -0.0761. The largest absolute Gasteiger partial charge is 0.360 e. The summed E-state index contributed by atoms with van der Waals surface area (Å²) in [6.45, 7) is 1.99. The van der Waals surface area contributed by atoms with Crippen LogP contribution >= 0.6 is 11.8 Å². The van der Waals surface area contributed by atoms with E-state index in [2.05, 4.69) is 5.16 Å². The van der Waals surface area contributed by atoms with Crippen LogP contribution in [0.3, 0.4) is 0 Å². The van der Waals surface area contributed by atoms with E-state index in [1.165, 1.54) is 5.56 Å². The number of benzene rings is 1. The van der Waals surface area contributed by atoms with Gasteiger partial charge in [0.25, 0.3) is 0 Å². The molecule has 2 atom stereocenters. The van der Waals surface area contributed by atoms with E-state index in [1.54, 1.807) is 0 Å². The Hall–Kier alpha value is -1.30. The number of hydrogen-bond donors (Lipinski definition) is 1. The Balaban J connectivity index is 1.64. The molecule has 0 bridgehead atoms. The third-order valence-corrected chi connectivity index (χ3v) is 4.81. The molecule has 2 heterocycles. The van der Waals surface area contributed by atoms with E-state index >= 15 is 0 Å². The molecule has 112 valence electrons. The topological polar surface area (TPSA) is 61.3 Å². The zero-order valence-corrected chi connectivity index (χ0v) is 12.9. The number of hydrogen-bond acceptors (Lipinski definition) is 5. The number of aryl methyl sites for hydroxylation is 1. The average Bonchev–Trinajstić information content (AvgIpc) is 3.07.